The standard InChI is InChI=1S/C13H22O2/c14-10-13(7-4-8-15-11-13)9-12-5-2-1-3-6-12/h10,12H,1-9,11H2. The van der Waals surface area contributed by atoms with Crippen molar-refractivity contribution in [1.82, 2.24) is 0 Å². The summed E-state index contributed by atoms with van der Waals surface area (Å²) in [6.07, 6.45) is 11.1. The highest BCUT2D eigenvalue weighted by atomic mass is 16.5. The molecule has 1 atom stereocenters. The van der Waals surface area contributed by atoms with Crippen LogP contribution in [0.1, 0.15) is 51.4 Å². The van der Waals surface area contributed by atoms with E-state index in [1.54, 1.807) is 0 Å². The Labute approximate surface area is 92.4 Å². The van der Waals surface area contributed by atoms with Crippen LogP contribution in [0.25, 0.3) is 0 Å². The first kappa shape index (κ1) is 11.1. The van der Waals surface area contributed by atoms with Gasteiger partial charge in [0.25, 0.3) is 0 Å². The predicted octanol–water partition coefficient (Wildman–Crippen LogP) is 2.95. The zero-order valence-corrected chi connectivity index (χ0v) is 9.54. The third kappa shape index (κ3) is 2.81. The Kier molecular flexibility index (Phi) is 3.79. The number of carbonyl (C=O) groups is 1. The van der Waals surface area contributed by atoms with Gasteiger partial charge < -0.3 is 9.53 Å². The number of ether oxygens (including phenoxy) is 1. The van der Waals surface area contributed by atoms with Crippen LogP contribution in [0, 0.1) is 11.3 Å². The van der Waals surface area contributed by atoms with Crippen LogP contribution in [0.2, 0.25) is 0 Å². The Balaban J connectivity index is 1.90. The Hall–Kier alpha value is -0.370. The number of aldehydes is 1. The van der Waals surface area contributed by atoms with Gasteiger partial charge in [0.1, 0.15) is 6.29 Å². The second kappa shape index (κ2) is 5.11. The van der Waals surface area contributed by atoms with E-state index in [9.17, 15) is 4.79 Å². The first-order chi connectivity index (χ1) is 7.35. The first-order valence-electron chi connectivity index (χ1n) is 6.39. The van der Waals surface area contributed by atoms with Gasteiger partial charge in [0.15, 0.2) is 0 Å². The fourth-order valence-corrected chi connectivity index (χ4v) is 3.14. The number of hydrogen-bond donors (Lipinski definition) is 0. The van der Waals surface area contributed by atoms with Crippen molar-refractivity contribution in [2.45, 2.75) is 51.4 Å². The summed E-state index contributed by atoms with van der Waals surface area (Å²) in [5, 5.41) is 0. The highest BCUT2D eigenvalue weighted by Gasteiger charge is 2.35. The van der Waals surface area contributed by atoms with Gasteiger partial charge in [-0.2, -0.15) is 0 Å². The van der Waals surface area contributed by atoms with E-state index in [2.05, 4.69) is 0 Å². The zero-order chi connectivity index (χ0) is 10.6. The molecule has 1 saturated heterocycles. The molecule has 15 heavy (non-hydrogen) atoms. The summed E-state index contributed by atoms with van der Waals surface area (Å²) in [7, 11) is 0. The molecule has 1 unspecified atom stereocenters. The van der Waals surface area contributed by atoms with E-state index in [0.29, 0.717) is 6.61 Å². The molecule has 0 N–H and O–H groups in total. The molecule has 1 aliphatic heterocycles. The van der Waals surface area contributed by atoms with Crippen LogP contribution in [0.15, 0.2) is 0 Å². The maximum absolute atomic E-state index is 11.3. The number of hydrogen-bond acceptors (Lipinski definition) is 2. The average molecular weight is 210 g/mol. The molecule has 0 amide bonds. The lowest BCUT2D eigenvalue weighted by Crippen LogP contribution is -2.35. The van der Waals surface area contributed by atoms with Crippen molar-refractivity contribution in [3.8, 4) is 0 Å². The van der Waals surface area contributed by atoms with E-state index in [1.807, 2.05) is 0 Å². The minimum absolute atomic E-state index is 0.125. The average Bonchev–Trinajstić information content (AvgIpc) is 2.32. The van der Waals surface area contributed by atoms with Crippen molar-refractivity contribution >= 4 is 6.29 Å². The van der Waals surface area contributed by atoms with Crippen molar-refractivity contribution in [2.24, 2.45) is 11.3 Å². The summed E-state index contributed by atoms with van der Waals surface area (Å²) in [6, 6.07) is 0. The molecule has 1 heterocycles. The lowest BCUT2D eigenvalue weighted by atomic mass is 9.72. The van der Waals surface area contributed by atoms with Gasteiger partial charge in [0.2, 0.25) is 0 Å². The third-order valence-corrected chi connectivity index (χ3v) is 4.02. The molecule has 86 valence electrons. The minimum Gasteiger partial charge on any atom is -0.380 e. The van der Waals surface area contributed by atoms with Gasteiger partial charge in [0.05, 0.1) is 6.61 Å². The Morgan fingerprint density at radius 3 is 2.60 bits per heavy atom. The van der Waals surface area contributed by atoms with Crippen molar-refractivity contribution in [3.05, 3.63) is 0 Å². The molecule has 0 bridgehead atoms. The van der Waals surface area contributed by atoms with Crippen LogP contribution >= 0.6 is 0 Å². The Morgan fingerprint density at radius 1 is 1.20 bits per heavy atom. The monoisotopic (exact) mass is 210 g/mol. The first-order valence-corrected chi connectivity index (χ1v) is 6.39. The van der Waals surface area contributed by atoms with E-state index >= 15 is 0 Å². The fraction of sp³-hybridized carbons (Fsp3) is 0.923. The van der Waals surface area contributed by atoms with Crippen molar-refractivity contribution in [3.63, 3.8) is 0 Å². The van der Waals surface area contributed by atoms with Crippen LogP contribution in [0.5, 0.6) is 0 Å². The minimum atomic E-state index is -0.125. The summed E-state index contributed by atoms with van der Waals surface area (Å²) < 4.78 is 5.49. The molecule has 2 nitrogen and oxygen atoms in total. The summed E-state index contributed by atoms with van der Waals surface area (Å²) in [5.41, 5.74) is -0.125. The van der Waals surface area contributed by atoms with Crippen LogP contribution in [-0.4, -0.2) is 19.5 Å². The summed E-state index contributed by atoms with van der Waals surface area (Å²) in [4.78, 5) is 11.3. The molecule has 2 fully saturated rings. The molecule has 2 heteroatoms. The van der Waals surface area contributed by atoms with E-state index in [0.717, 1.165) is 31.8 Å². The molecule has 0 radical (unpaired) electrons. The molecule has 0 spiro atoms. The lowest BCUT2D eigenvalue weighted by molar-refractivity contribution is -0.125. The Bertz CT molecular complexity index is 201. The summed E-state index contributed by atoms with van der Waals surface area (Å²) in [5.74, 6) is 0.783. The van der Waals surface area contributed by atoms with Gasteiger partial charge in [0, 0.05) is 12.0 Å². The predicted molar refractivity (Wildman–Crippen MR) is 59.7 cm³/mol. The normalized spacial score (nSPS) is 33.9. The van der Waals surface area contributed by atoms with E-state index in [-0.39, 0.29) is 5.41 Å². The highest BCUT2D eigenvalue weighted by molar-refractivity contribution is 5.59. The highest BCUT2D eigenvalue weighted by Crippen LogP contribution is 2.38. The zero-order valence-electron chi connectivity index (χ0n) is 9.54. The van der Waals surface area contributed by atoms with E-state index in [1.165, 1.54) is 38.4 Å². The number of rotatable bonds is 3. The smallest absolute Gasteiger partial charge is 0.128 e. The van der Waals surface area contributed by atoms with Gasteiger partial charge in [-0.1, -0.05) is 32.1 Å². The van der Waals surface area contributed by atoms with Crippen LogP contribution < -0.4 is 0 Å². The molecule has 0 aromatic carbocycles. The van der Waals surface area contributed by atoms with Crippen molar-refractivity contribution in [1.29, 1.82) is 0 Å². The van der Waals surface area contributed by atoms with Gasteiger partial charge in [-0.25, -0.2) is 0 Å². The van der Waals surface area contributed by atoms with Gasteiger partial charge in [-0.3, -0.25) is 0 Å². The fourth-order valence-electron chi connectivity index (χ4n) is 3.14. The second-order valence-corrected chi connectivity index (χ2v) is 5.34. The largest absolute Gasteiger partial charge is 0.380 e. The van der Waals surface area contributed by atoms with Crippen LogP contribution in [-0.2, 0) is 9.53 Å². The molecule has 1 aliphatic carbocycles. The van der Waals surface area contributed by atoms with Crippen molar-refractivity contribution in [2.75, 3.05) is 13.2 Å². The van der Waals surface area contributed by atoms with Crippen molar-refractivity contribution < 1.29 is 9.53 Å². The topological polar surface area (TPSA) is 26.3 Å². The maximum atomic E-state index is 11.3. The molecule has 1 saturated carbocycles. The SMILES string of the molecule is O=CC1(CC2CCCCC2)CCCOC1. The summed E-state index contributed by atoms with van der Waals surface area (Å²) in [6.45, 7) is 1.52. The lowest BCUT2D eigenvalue weighted by Gasteiger charge is -2.36. The van der Waals surface area contributed by atoms with Crippen LogP contribution in [0.3, 0.4) is 0 Å². The van der Waals surface area contributed by atoms with Gasteiger partial charge in [-0.15, -0.1) is 0 Å². The van der Waals surface area contributed by atoms with Crippen LogP contribution in [0.4, 0.5) is 0 Å². The molecule has 0 aromatic heterocycles. The molecule has 2 aliphatic rings. The summed E-state index contributed by atoms with van der Waals surface area (Å²) >= 11 is 0. The maximum Gasteiger partial charge on any atom is 0.128 e. The molecule has 2 rings (SSSR count). The molecular weight excluding hydrogens is 188 g/mol. The third-order valence-electron chi connectivity index (χ3n) is 4.02. The second-order valence-electron chi connectivity index (χ2n) is 5.34. The van der Waals surface area contributed by atoms with Gasteiger partial charge in [-0.05, 0) is 25.2 Å². The Morgan fingerprint density at radius 2 is 2.00 bits per heavy atom. The number of carbonyl (C=O) groups excluding carboxylic acids is 1. The quantitative estimate of drug-likeness (QED) is 0.669. The molecular formula is C13H22O2. The molecule has 0 aromatic rings. The van der Waals surface area contributed by atoms with E-state index in [4.69, 9.17) is 4.74 Å². The van der Waals surface area contributed by atoms with E-state index < -0.39 is 0 Å². The van der Waals surface area contributed by atoms with Gasteiger partial charge >= 0.3 is 0 Å².